The number of hydrogen-bond donors (Lipinski definition) is 1. The minimum atomic E-state index is -0.323. The van der Waals surface area contributed by atoms with Crippen LogP contribution < -0.4 is 15.1 Å². The first-order chi connectivity index (χ1) is 13.6. The van der Waals surface area contributed by atoms with E-state index < -0.39 is 0 Å². The average Bonchev–Trinajstić information content (AvgIpc) is 2.70. The van der Waals surface area contributed by atoms with Crippen molar-refractivity contribution in [1.29, 1.82) is 0 Å². The fourth-order valence-corrected chi connectivity index (χ4v) is 4.47. The number of carbonyl (C=O) groups excluding carboxylic acids is 2. The van der Waals surface area contributed by atoms with Crippen molar-refractivity contribution in [3.05, 3.63) is 24.3 Å². The van der Waals surface area contributed by atoms with Crippen LogP contribution in [0.1, 0.15) is 19.3 Å². The van der Waals surface area contributed by atoms with Crippen molar-refractivity contribution < 1.29 is 9.59 Å². The van der Waals surface area contributed by atoms with Crippen molar-refractivity contribution in [2.75, 3.05) is 69.2 Å². The Kier molecular flexibility index (Phi) is 5.82. The third-order valence-corrected chi connectivity index (χ3v) is 6.29. The molecule has 152 valence electrons. The molecule has 0 bridgehead atoms. The molecule has 3 aliphatic heterocycles. The molecular formula is C21H31N5O2. The highest BCUT2D eigenvalue weighted by molar-refractivity contribution is 6.05. The summed E-state index contributed by atoms with van der Waals surface area (Å²) >= 11 is 0. The number of piperidine rings is 1. The van der Waals surface area contributed by atoms with Gasteiger partial charge in [0.05, 0.1) is 0 Å². The number of urea groups is 1. The standard InChI is InChI=1S/C21H31N5O2/c1-23-8-5-17(6-9-23)16-24-11-13-25(14-12-24)18-3-2-4-19(15-18)26-10-7-20(27)22-21(26)28/h2-4,15,17H,5-14,16H2,1H3,(H,22,27,28). The summed E-state index contributed by atoms with van der Waals surface area (Å²) in [4.78, 5) is 32.6. The molecule has 3 saturated heterocycles. The molecule has 3 fully saturated rings. The second-order valence-corrected chi connectivity index (χ2v) is 8.31. The van der Waals surface area contributed by atoms with Gasteiger partial charge in [0.2, 0.25) is 5.91 Å². The number of carbonyl (C=O) groups is 2. The first-order valence-electron chi connectivity index (χ1n) is 10.5. The normalized spacial score (nSPS) is 23.2. The van der Waals surface area contributed by atoms with Crippen LogP contribution in [0.2, 0.25) is 0 Å². The van der Waals surface area contributed by atoms with Gasteiger partial charge >= 0.3 is 6.03 Å². The monoisotopic (exact) mass is 385 g/mol. The lowest BCUT2D eigenvalue weighted by Gasteiger charge is -2.39. The quantitative estimate of drug-likeness (QED) is 0.853. The molecule has 7 nitrogen and oxygen atoms in total. The highest BCUT2D eigenvalue weighted by atomic mass is 16.2. The molecule has 4 rings (SSSR count). The molecule has 0 unspecified atom stereocenters. The number of hydrogen-bond acceptors (Lipinski definition) is 5. The van der Waals surface area contributed by atoms with Crippen molar-refractivity contribution in [2.45, 2.75) is 19.3 Å². The maximum atomic E-state index is 12.1. The van der Waals surface area contributed by atoms with E-state index in [9.17, 15) is 9.59 Å². The molecular weight excluding hydrogens is 354 g/mol. The van der Waals surface area contributed by atoms with Gasteiger partial charge in [-0.2, -0.15) is 0 Å². The van der Waals surface area contributed by atoms with E-state index in [0.717, 1.165) is 43.5 Å². The first-order valence-corrected chi connectivity index (χ1v) is 10.5. The summed E-state index contributed by atoms with van der Waals surface area (Å²) in [6.45, 7) is 8.34. The van der Waals surface area contributed by atoms with Gasteiger partial charge in [-0.25, -0.2) is 4.79 Å². The molecule has 0 atom stereocenters. The molecule has 3 aliphatic rings. The molecule has 0 saturated carbocycles. The van der Waals surface area contributed by atoms with Crippen LogP contribution in [0, 0.1) is 5.92 Å². The van der Waals surface area contributed by atoms with Gasteiger partial charge in [0.15, 0.2) is 0 Å². The largest absolute Gasteiger partial charge is 0.369 e. The molecule has 3 amide bonds. The molecule has 3 heterocycles. The molecule has 7 heteroatoms. The van der Waals surface area contributed by atoms with Crippen LogP contribution in [0.4, 0.5) is 16.2 Å². The lowest BCUT2D eigenvalue weighted by atomic mass is 9.96. The van der Waals surface area contributed by atoms with Crippen LogP contribution in [0.3, 0.4) is 0 Å². The average molecular weight is 386 g/mol. The predicted octanol–water partition coefficient (Wildman–Crippen LogP) is 1.60. The third-order valence-electron chi connectivity index (χ3n) is 6.29. The molecule has 0 spiro atoms. The van der Waals surface area contributed by atoms with Crippen LogP contribution in [0.5, 0.6) is 0 Å². The van der Waals surface area contributed by atoms with Gasteiger partial charge in [0.1, 0.15) is 0 Å². The molecule has 0 aromatic heterocycles. The van der Waals surface area contributed by atoms with E-state index in [1.54, 1.807) is 4.90 Å². The maximum Gasteiger partial charge on any atom is 0.328 e. The Labute approximate surface area is 167 Å². The molecule has 1 N–H and O–H groups in total. The summed E-state index contributed by atoms with van der Waals surface area (Å²) in [5.41, 5.74) is 2.01. The van der Waals surface area contributed by atoms with Gasteiger partial charge < -0.3 is 9.80 Å². The van der Waals surface area contributed by atoms with Gasteiger partial charge in [-0.3, -0.25) is 19.9 Å². The van der Waals surface area contributed by atoms with E-state index in [-0.39, 0.29) is 11.9 Å². The molecule has 28 heavy (non-hydrogen) atoms. The van der Waals surface area contributed by atoms with Crippen molar-refractivity contribution in [1.82, 2.24) is 15.1 Å². The summed E-state index contributed by atoms with van der Waals surface area (Å²) in [5.74, 6) is 0.643. The van der Waals surface area contributed by atoms with E-state index in [4.69, 9.17) is 0 Å². The predicted molar refractivity (Wildman–Crippen MR) is 111 cm³/mol. The van der Waals surface area contributed by atoms with Crippen molar-refractivity contribution in [3.8, 4) is 0 Å². The van der Waals surface area contributed by atoms with Crippen molar-refractivity contribution in [3.63, 3.8) is 0 Å². The zero-order chi connectivity index (χ0) is 19.5. The summed E-state index contributed by atoms with van der Waals surface area (Å²) in [6, 6.07) is 7.80. The zero-order valence-electron chi connectivity index (χ0n) is 16.8. The lowest BCUT2D eigenvalue weighted by Crippen LogP contribution is -2.50. The summed E-state index contributed by atoms with van der Waals surface area (Å²) in [5, 5.41) is 2.40. The Hall–Kier alpha value is -2.12. The van der Waals surface area contributed by atoms with Crippen LogP contribution >= 0.6 is 0 Å². The number of piperazine rings is 1. The number of likely N-dealkylation sites (tertiary alicyclic amines) is 1. The summed E-state index contributed by atoms with van der Waals surface area (Å²) in [6.07, 6.45) is 2.99. The number of nitrogens with one attached hydrogen (secondary N) is 1. The number of benzene rings is 1. The summed E-state index contributed by atoms with van der Waals surface area (Å²) in [7, 11) is 2.22. The minimum Gasteiger partial charge on any atom is -0.369 e. The van der Waals surface area contributed by atoms with Gasteiger partial charge in [-0.1, -0.05) is 6.07 Å². The van der Waals surface area contributed by atoms with Crippen LogP contribution in [0.25, 0.3) is 0 Å². The first kappa shape index (κ1) is 19.2. The number of amides is 3. The van der Waals surface area contributed by atoms with Crippen molar-refractivity contribution >= 4 is 23.3 Å². The second-order valence-electron chi connectivity index (χ2n) is 8.31. The highest BCUT2D eigenvalue weighted by Crippen LogP contribution is 2.25. The van der Waals surface area contributed by atoms with Crippen LogP contribution in [-0.4, -0.2) is 81.1 Å². The van der Waals surface area contributed by atoms with E-state index in [1.165, 1.54) is 32.5 Å². The van der Waals surface area contributed by atoms with E-state index >= 15 is 0 Å². The van der Waals surface area contributed by atoms with Crippen LogP contribution in [0.15, 0.2) is 24.3 Å². The number of nitrogens with zero attached hydrogens (tertiary/aromatic N) is 4. The Morgan fingerprint density at radius 2 is 1.68 bits per heavy atom. The summed E-state index contributed by atoms with van der Waals surface area (Å²) < 4.78 is 0. The SMILES string of the molecule is CN1CCC(CN2CCN(c3cccc(N4CCC(=O)NC4=O)c3)CC2)CC1. The minimum absolute atomic E-state index is 0.196. The van der Waals surface area contributed by atoms with Crippen molar-refractivity contribution in [2.24, 2.45) is 5.92 Å². The van der Waals surface area contributed by atoms with Gasteiger partial charge in [-0.05, 0) is 57.1 Å². The number of rotatable bonds is 4. The fraction of sp³-hybridized carbons (Fsp3) is 0.619. The Bertz CT molecular complexity index is 709. The molecule has 0 radical (unpaired) electrons. The highest BCUT2D eigenvalue weighted by Gasteiger charge is 2.26. The van der Waals surface area contributed by atoms with E-state index in [1.807, 2.05) is 12.1 Å². The molecule has 0 aliphatic carbocycles. The fourth-order valence-electron chi connectivity index (χ4n) is 4.47. The van der Waals surface area contributed by atoms with E-state index in [0.29, 0.717) is 13.0 Å². The van der Waals surface area contributed by atoms with Gasteiger partial charge in [0.25, 0.3) is 0 Å². The molecule has 1 aromatic carbocycles. The molecule has 1 aromatic rings. The maximum absolute atomic E-state index is 12.1. The van der Waals surface area contributed by atoms with E-state index in [2.05, 4.69) is 39.2 Å². The second kappa shape index (κ2) is 8.49. The van der Waals surface area contributed by atoms with Crippen LogP contribution in [-0.2, 0) is 4.79 Å². The van der Waals surface area contributed by atoms with Gasteiger partial charge in [0, 0.05) is 57.1 Å². The van der Waals surface area contributed by atoms with Gasteiger partial charge in [-0.15, -0.1) is 0 Å². The number of anilines is 2. The Morgan fingerprint density at radius 3 is 2.39 bits per heavy atom. The number of imide groups is 1. The Morgan fingerprint density at radius 1 is 0.964 bits per heavy atom. The zero-order valence-corrected chi connectivity index (χ0v) is 16.8. The topological polar surface area (TPSA) is 59.1 Å². The lowest BCUT2D eigenvalue weighted by molar-refractivity contribution is -0.120. The smallest absolute Gasteiger partial charge is 0.328 e. The Balaban J connectivity index is 1.32. The third kappa shape index (κ3) is 4.47.